The molecular weight excluding hydrogens is 648 g/mol. The predicted molar refractivity (Wildman–Crippen MR) is 159 cm³/mol. The van der Waals surface area contributed by atoms with E-state index in [4.69, 9.17) is 44.3 Å². The minimum Gasteiger partial charge on any atom is -0.488 e. The fourth-order valence-corrected chi connectivity index (χ4v) is 5.97. The van der Waals surface area contributed by atoms with Crippen molar-refractivity contribution in [3.8, 4) is 5.75 Å². The summed E-state index contributed by atoms with van der Waals surface area (Å²) in [7, 11) is 0. The number of hydrogen-bond acceptors (Lipinski definition) is 6. The van der Waals surface area contributed by atoms with Crippen LogP contribution in [0.25, 0.3) is 6.08 Å². The fourth-order valence-electron chi connectivity index (χ4n) is 4.48. The van der Waals surface area contributed by atoms with Crippen LogP contribution in [0.1, 0.15) is 29.7 Å². The molecule has 6 nitrogen and oxygen atoms in total. The van der Waals surface area contributed by atoms with Gasteiger partial charge in [0, 0.05) is 26.2 Å². The van der Waals surface area contributed by atoms with Gasteiger partial charge in [0.05, 0.1) is 22.8 Å². The third-order valence-corrected chi connectivity index (χ3v) is 8.22. The Labute approximate surface area is 261 Å². The third-order valence-electron chi connectivity index (χ3n) is 6.38. The first kappa shape index (κ1) is 30.9. The first-order valence-corrected chi connectivity index (χ1v) is 14.6. The van der Waals surface area contributed by atoms with Crippen molar-refractivity contribution in [2.45, 2.75) is 25.7 Å². The maximum Gasteiger partial charge on any atom is 0.434 e. The van der Waals surface area contributed by atoms with E-state index in [2.05, 4.69) is 4.99 Å². The van der Waals surface area contributed by atoms with Crippen LogP contribution < -0.4 is 19.6 Å². The molecule has 0 spiro atoms. The normalized spacial score (nSPS) is 15.2. The second-order valence-corrected chi connectivity index (χ2v) is 11.5. The summed E-state index contributed by atoms with van der Waals surface area (Å²) in [6, 6.07) is 16.2. The van der Waals surface area contributed by atoms with Gasteiger partial charge in [0.15, 0.2) is 10.5 Å². The summed E-state index contributed by atoms with van der Waals surface area (Å²) in [6.07, 6.45) is -3.56. The van der Waals surface area contributed by atoms with E-state index in [0.29, 0.717) is 26.4 Å². The monoisotopic (exact) mass is 666 g/mol. The molecular formula is C30H20Cl3F3N2O4S. The number of thiazole rings is 1. The second kappa shape index (κ2) is 12.6. The number of rotatable bonds is 7. The first-order chi connectivity index (χ1) is 20.5. The Morgan fingerprint density at radius 3 is 2.42 bits per heavy atom. The molecule has 1 aromatic heterocycles. The van der Waals surface area contributed by atoms with E-state index >= 15 is 0 Å². The van der Waals surface area contributed by atoms with Crippen molar-refractivity contribution in [1.82, 2.24) is 4.57 Å². The topological polar surface area (TPSA) is 69.9 Å². The number of fused-ring (bicyclic) bond motifs is 1. The molecule has 13 heteroatoms. The van der Waals surface area contributed by atoms with Crippen LogP contribution >= 0.6 is 46.1 Å². The highest BCUT2D eigenvalue weighted by Crippen LogP contribution is 2.38. The molecule has 0 N–H and O–H groups in total. The maximum atomic E-state index is 14.3. The van der Waals surface area contributed by atoms with Gasteiger partial charge in [-0.15, -0.1) is 0 Å². The van der Waals surface area contributed by atoms with Crippen molar-refractivity contribution < 1.29 is 27.4 Å². The molecule has 0 saturated heterocycles. The van der Waals surface area contributed by atoms with E-state index in [1.165, 1.54) is 37.3 Å². The number of carbonyl (C=O) groups excluding carboxylic acids is 1. The Morgan fingerprint density at radius 2 is 1.74 bits per heavy atom. The standard InChI is InChI=1S/C30H20Cl3F3N2O4S/c1-2-41-28(40)24-25(16-7-9-19(31)10-8-16)38-27(39)23(43-29(38)37-26(24)30(34,35)36)14-18-13-20(32)11-12-22(18)42-15-17-5-3-4-6-21(17)33/h3-14,25H,2,15H2,1H3/b23-14-/t25-/m1/s1. The van der Waals surface area contributed by atoms with E-state index in [0.717, 1.165) is 21.5 Å². The number of allylic oxidation sites excluding steroid dienone is 1. The SMILES string of the molecule is CCOC(=O)C1=C(C(F)(F)F)N=c2s/c(=C\c3cc(Cl)ccc3OCc3ccccc3Cl)c(=O)n2[C@@H]1c1ccc(Cl)cc1. The number of esters is 1. The number of nitrogens with zero attached hydrogens (tertiary/aromatic N) is 2. The molecule has 0 radical (unpaired) electrons. The summed E-state index contributed by atoms with van der Waals surface area (Å²) < 4.78 is 55.1. The Hall–Kier alpha value is -3.57. The van der Waals surface area contributed by atoms with E-state index in [1.54, 1.807) is 36.4 Å². The van der Waals surface area contributed by atoms with Crippen LogP contribution in [0.15, 0.2) is 87.8 Å². The Bertz CT molecular complexity index is 1920. The van der Waals surface area contributed by atoms with Crippen LogP contribution in [-0.2, 0) is 16.1 Å². The number of halogens is 6. The van der Waals surface area contributed by atoms with Gasteiger partial charge in [-0.05, 0) is 55.0 Å². The lowest BCUT2D eigenvalue weighted by atomic mass is 9.95. The zero-order chi connectivity index (χ0) is 30.9. The lowest BCUT2D eigenvalue weighted by Gasteiger charge is -2.26. The van der Waals surface area contributed by atoms with Crippen molar-refractivity contribution in [3.05, 3.63) is 129 Å². The number of alkyl halides is 3. The lowest BCUT2D eigenvalue weighted by Crippen LogP contribution is -2.41. The molecule has 0 fully saturated rings. The van der Waals surface area contributed by atoms with Crippen LogP contribution in [0.2, 0.25) is 15.1 Å². The molecule has 1 aliphatic rings. The first-order valence-electron chi connectivity index (χ1n) is 12.7. The fraction of sp³-hybridized carbons (Fsp3) is 0.167. The van der Waals surface area contributed by atoms with Gasteiger partial charge in [-0.2, -0.15) is 13.2 Å². The van der Waals surface area contributed by atoms with Crippen molar-refractivity contribution >= 4 is 58.2 Å². The zero-order valence-corrected chi connectivity index (χ0v) is 25.2. The van der Waals surface area contributed by atoms with Gasteiger partial charge in [0.2, 0.25) is 0 Å². The molecule has 1 atom stereocenters. The largest absolute Gasteiger partial charge is 0.488 e. The highest BCUT2D eigenvalue weighted by atomic mass is 35.5. The highest BCUT2D eigenvalue weighted by molar-refractivity contribution is 7.07. The van der Waals surface area contributed by atoms with Crippen LogP contribution in [0.3, 0.4) is 0 Å². The number of aromatic nitrogens is 1. The maximum absolute atomic E-state index is 14.3. The molecule has 222 valence electrons. The van der Waals surface area contributed by atoms with Crippen LogP contribution in [0, 0.1) is 0 Å². The van der Waals surface area contributed by atoms with Crippen molar-refractivity contribution in [1.29, 1.82) is 0 Å². The summed E-state index contributed by atoms with van der Waals surface area (Å²) in [5, 5.41) is 1.16. The second-order valence-electron chi connectivity index (χ2n) is 9.18. The average molecular weight is 668 g/mol. The summed E-state index contributed by atoms with van der Waals surface area (Å²) in [5.74, 6) is -0.884. The van der Waals surface area contributed by atoms with Gasteiger partial charge in [0.25, 0.3) is 5.56 Å². The molecule has 0 unspecified atom stereocenters. The van der Waals surface area contributed by atoms with Gasteiger partial charge >= 0.3 is 12.1 Å². The van der Waals surface area contributed by atoms with Crippen LogP contribution in [-0.4, -0.2) is 23.3 Å². The number of benzene rings is 3. The smallest absolute Gasteiger partial charge is 0.434 e. The molecule has 0 aliphatic carbocycles. The van der Waals surface area contributed by atoms with Gasteiger partial charge in [-0.1, -0.05) is 76.5 Å². The number of carbonyl (C=O) groups is 1. The van der Waals surface area contributed by atoms with Crippen LogP contribution in [0.5, 0.6) is 5.75 Å². The van der Waals surface area contributed by atoms with Gasteiger partial charge in [-0.25, -0.2) is 9.79 Å². The number of ether oxygens (including phenoxy) is 2. The molecule has 0 saturated carbocycles. The lowest BCUT2D eigenvalue weighted by molar-refractivity contribution is -0.140. The highest BCUT2D eigenvalue weighted by Gasteiger charge is 2.45. The van der Waals surface area contributed by atoms with Crippen molar-refractivity contribution in [2.24, 2.45) is 4.99 Å². The van der Waals surface area contributed by atoms with E-state index in [-0.39, 0.29) is 28.1 Å². The van der Waals surface area contributed by atoms with E-state index < -0.39 is 35.0 Å². The molecule has 2 heterocycles. The third kappa shape index (κ3) is 6.52. The van der Waals surface area contributed by atoms with E-state index in [1.807, 2.05) is 6.07 Å². The van der Waals surface area contributed by atoms with Crippen molar-refractivity contribution in [3.63, 3.8) is 0 Å². The summed E-state index contributed by atoms with van der Waals surface area (Å²) in [4.78, 5) is 30.4. The molecule has 1 aliphatic heterocycles. The molecule has 4 aromatic rings. The minimum absolute atomic E-state index is 0.0363. The Balaban J connectivity index is 1.69. The van der Waals surface area contributed by atoms with Gasteiger partial charge < -0.3 is 9.47 Å². The zero-order valence-electron chi connectivity index (χ0n) is 22.1. The van der Waals surface area contributed by atoms with Crippen molar-refractivity contribution in [2.75, 3.05) is 6.61 Å². The quantitative estimate of drug-likeness (QED) is 0.202. The summed E-state index contributed by atoms with van der Waals surface area (Å²) >= 11 is 19.3. The molecule has 5 rings (SSSR count). The average Bonchev–Trinajstić information content (AvgIpc) is 3.27. The van der Waals surface area contributed by atoms with Gasteiger partial charge in [0.1, 0.15) is 12.4 Å². The molecule has 0 amide bonds. The minimum atomic E-state index is -5.02. The Morgan fingerprint density at radius 1 is 1.05 bits per heavy atom. The summed E-state index contributed by atoms with van der Waals surface area (Å²) in [6.45, 7) is 1.39. The van der Waals surface area contributed by atoms with Crippen LogP contribution in [0.4, 0.5) is 13.2 Å². The summed E-state index contributed by atoms with van der Waals surface area (Å²) in [5.41, 5.74) is -1.59. The van der Waals surface area contributed by atoms with E-state index in [9.17, 15) is 22.8 Å². The predicted octanol–water partition coefficient (Wildman–Crippen LogP) is 6.88. The molecule has 43 heavy (non-hydrogen) atoms. The number of hydrogen-bond donors (Lipinski definition) is 0. The van der Waals surface area contributed by atoms with Gasteiger partial charge in [-0.3, -0.25) is 9.36 Å². The Kier molecular flexibility index (Phi) is 9.03. The molecule has 0 bridgehead atoms. The molecule has 3 aromatic carbocycles.